The molecule has 134 valence electrons. The fourth-order valence-electron chi connectivity index (χ4n) is 2.20. The minimum Gasteiger partial charge on any atom is -0.445 e. The van der Waals surface area contributed by atoms with Gasteiger partial charge in [-0.2, -0.15) is 0 Å². The van der Waals surface area contributed by atoms with Crippen LogP contribution in [0.1, 0.15) is 29.3 Å². The van der Waals surface area contributed by atoms with Crippen molar-refractivity contribution in [3.05, 3.63) is 58.6 Å². The van der Waals surface area contributed by atoms with E-state index in [9.17, 15) is 15.0 Å². The van der Waals surface area contributed by atoms with Crippen molar-refractivity contribution < 1.29 is 19.7 Å². The minimum absolute atomic E-state index is 0.0748. The molecule has 7 nitrogen and oxygen atoms in total. The molecular weight excluding hydrogens is 346 g/mol. The number of ether oxygens (including phenoxy) is 1. The molecule has 2 rings (SSSR count). The molecule has 2 atom stereocenters. The Kier molecular flexibility index (Phi) is 7.12. The summed E-state index contributed by atoms with van der Waals surface area (Å²) in [6.45, 7) is 1.98. The third kappa shape index (κ3) is 5.97. The second-order valence-corrected chi connectivity index (χ2v) is 5.81. The van der Waals surface area contributed by atoms with Gasteiger partial charge in [0.2, 0.25) is 5.28 Å². The van der Waals surface area contributed by atoms with Crippen molar-refractivity contribution in [2.75, 3.05) is 6.54 Å². The highest BCUT2D eigenvalue weighted by Gasteiger charge is 2.21. The maximum absolute atomic E-state index is 11.6. The average Bonchev–Trinajstić information content (AvgIpc) is 2.60. The van der Waals surface area contributed by atoms with Gasteiger partial charge in [0.15, 0.2) is 0 Å². The lowest BCUT2D eigenvalue weighted by atomic mass is 10.0. The Labute approximate surface area is 150 Å². The molecule has 25 heavy (non-hydrogen) atoms. The number of hydrogen-bond donors (Lipinski definition) is 3. The fraction of sp³-hybridized carbons (Fsp3) is 0.353. The van der Waals surface area contributed by atoms with Crippen LogP contribution >= 0.6 is 11.6 Å². The van der Waals surface area contributed by atoms with Gasteiger partial charge in [-0.1, -0.05) is 30.3 Å². The number of nitrogens with one attached hydrogen (secondary N) is 1. The third-order valence-electron chi connectivity index (χ3n) is 3.59. The lowest BCUT2D eigenvalue weighted by Gasteiger charge is -2.19. The van der Waals surface area contributed by atoms with E-state index >= 15 is 0 Å². The van der Waals surface area contributed by atoms with Gasteiger partial charge in [0.05, 0.1) is 6.10 Å². The number of alkyl carbamates (subject to hydrolysis) is 1. The highest BCUT2D eigenvalue weighted by molar-refractivity contribution is 6.28. The number of carbonyl (C=O) groups is 1. The molecule has 1 heterocycles. The molecule has 8 heteroatoms. The Balaban J connectivity index is 1.74. The summed E-state index contributed by atoms with van der Waals surface area (Å²) in [5, 5.41) is 22.8. The summed E-state index contributed by atoms with van der Waals surface area (Å²) < 4.78 is 5.06. The van der Waals surface area contributed by atoms with Gasteiger partial charge in [0.1, 0.15) is 12.7 Å². The zero-order valence-corrected chi connectivity index (χ0v) is 14.5. The highest BCUT2D eigenvalue weighted by Crippen LogP contribution is 2.21. The second-order valence-electron chi connectivity index (χ2n) is 5.47. The molecule has 0 aliphatic rings. The maximum atomic E-state index is 11.6. The third-order valence-corrected chi connectivity index (χ3v) is 3.78. The van der Waals surface area contributed by atoms with Gasteiger partial charge in [0.25, 0.3) is 0 Å². The Morgan fingerprint density at radius 1 is 1.32 bits per heavy atom. The lowest BCUT2D eigenvalue weighted by molar-refractivity contribution is 0.0128. The van der Waals surface area contributed by atoms with Crippen molar-refractivity contribution in [3.63, 3.8) is 0 Å². The van der Waals surface area contributed by atoms with E-state index in [1.807, 2.05) is 30.3 Å². The number of aliphatic hydroxyl groups is 2. The Bertz CT molecular complexity index is 700. The fourth-order valence-corrected chi connectivity index (χ4v) is 2.38. The molecule has 2 unspecified atom stereocenters. The summed E-state index contributed by atoms with van der Waals surface area (Å²) in [6, 6.07) is 9.30. The molecule has 0 aliphatic heterocycles. The molecular formula is C17H20ClN3O4. The number of amides is 1. The summed E-state index contributed by atoms with van der Waals surface area (Å²) in [5.74, 6) is 0. The molecule has 2 aromatic rings. The van der Waals surface area contributed by atoms with E-state index in [1.165, 1.54) is 6.20 Å². The van der Waals surface area contributed by atoms with E-state index in [4.69, 9.17) is 16.3 Å². The lowest BCUT2D eigenvalue weighted by Crippen LogP contribution is -2.30. The molecule has 0 radical (unpaired) electrons. The number of hydrogen-bond acceptors (Lipinski definition) is 6. The SMILES string of the molecule is Cc1nc(Cl)ncc1C(O)C(O)CCNC(=O)OCc1ccccc1. The van der Waals surface area contributed by atoms with Gasteiger partial charge >= 0.3 is 6.09 Å². The summed E-state index contributed by atoms with van der Waals surface area (Å²) in [7, 11) is 0. The Morgan fingerprint density at radius 2 is 2.04 bits per heavy atom. The van der Waals surface area contributed by atoms with Crippen LogP contribution in [0.15, 0.2) is 36.5 Å². The number of halogens is 1. The Hall–Kier alpha value is -2.22. The predicted octanol–water partition coefficient (Wildman–Crippen LogP) is 2.15. The molecule has 0 saturated carbocycles. The first kappa shape index (κ1) is 19.1. The number of carbonyl (C=O) groups excluding carboxylic acids is 1. The predicted molar refractivity (Wildman–Crippen MR) is 92.0 cm³/mol. The molecule has 0 aliphatic carbocycles. The first-order valence-electron chi connectivity index (χ1n) is 7.77. The van der Waals surface area contributed by atoms with E-state index in [0.717, 1.165) is 5.56 Å². The van der Waals surface area contributed by atoms with Crippen LogP contribution in [0.5, 0.6) is 0 Å². The maximum Gasteiger partial charge on any atom is 0.407 e. The average molecular weight is 366 g/mol. The van der Waals surface area contributed by atoms with Gasteiger partial charge in [-0.15, -0.1) is 0 Å². The zero-order valence-electron chi connectivity index (χ0n) is 13.7. The minimum atomic E-state index is -1.17. The molecule has 0 fully saturated rings. The van der Waals surface area contributed by atoms with Crippen molar-refractivity contribution in [1.82, 2.24) is 15.3 Å². The van der Waals surface area contributed by atoms with Crippen molar-refractivity contribution in [2.24, 2.45) is 0 Å². The highest BCUT2D eigenvalue weighted by atomic mass is 35.5. The topological polar surface area (TPSA) is 105 Å². The molecule has 1 aromatic heterocycles. The van der Waals surface area contributed by atoms with E-state index in [0.29, 0.717) is 11.3 Å². The smallest absolute Gasteiger partial charge is 0.407 e. The van der Waals surface area contributed by atoms with Crippen LogP contribution in [0.3, 0.4) is 0 Å². The number of aromatic nitrogens is 2. The van der Waals surface area contributed by atoms with E-state index in [-0.39, 0.29) is 24.9 Å². The first-order valence-corrected chi connectivity index (χ1v) is 8.15. The summed E-state index contributed by atoms with van der Waals surface area (Å²) >= 11 is 5.67. The van der Waals surface area contributed by atoms with Gasteiger partial charge in [-0.25, -0.2) is 14.8 Å². The Morgan fingerprint density at radius 3 is 2.72 bits per heavy atom. The second kappa shape index (κ2) is 9.31. The zero-order chi connectivity index (χ0) is 18.2. The number of aryl methyl sites for hydroxylation is 1. The summed E-state index contributed by atoms with van der Waals surface area (Å²) in [5.41, 5.74) is 1.76. The van der Waals surface area contributed by atoms with E-state index in [2.05, 4.69) is 15.3 Å². The van der Waals surface area contributed by atoms with Crippen LogP contribution in [0.2, 0.25) is 5.28 Å². The normalized spacial score (nSPS) is 13.1. The molecule has 0 bridgehead atoms. The van der Waals surface area contributed by atoms with Crippen molar-refractivity contribution in [3.8, 4) is 0 Å². The van der Waals surface area contributed by atoms with E-state index < -0.39 is 18.3 Å². The number of nitrogens with zero attached hydrogens (tertiary/aromatic N) is 2. The van der Waals surface area contributed by atoms with Crippen molar-refractivity contribution in [2.45, 2.75) is 32.2 Å². The standard InChI is InChI=1S/C17H20ClN3O4/c1-11-13(9-20-16(18)21-11)15(23)14(22)7-8-19-17(24)25-10-12-5-3-2-4-6-12/h2-6,9,14-15,22-23H,7-8,10H2,1H3,(H,19,24). The summed E-state index contributed by atoms with van der Waals surface area (Å²) in [6.07, 6.45) is -1.32. The van der Waals surface area contributed by atoms with Crippen LogP contribution < -0.4 is 5.32 Å². The van der Waals surface area contributed by atoms with Crippen LogP contribution in [0, 0.1) is 6.92 Å². The van der Waals surface area contributed by atoms with Crippen LogP contribution in [-0.4, -0.2) is 38.9 Å². The van der Waals surface area contributed by atoms with Crippen molar-refractivity contribution in [1.29, 1.82) is 0 Å². The van der Waals surface area contributed by atoms with Gasteiger partial charge in [0, 0.05) is 24.0 Å². The molecule has 3 N–H and O–H groups in total. The molecule has 0 spiro atoms. The molecule has 1 aromatic carbocycles. The molecule has 1 amide bonds. The van der Waals surface area contributed by atoms with E-state index in [1.54, 1.807) is 6.92 Å². The number of benzene rings is 1. The van der Waals surface area contributed by atoms with Crippen molar-refractivity contribution >= 4 is 17.7 Å². The van der Waals surface area contributed by atoms with Gasteiger partial charge in [-0.05, 0) is 30.5 Å². The number of aliphatic hydroxyl groups excluding tert-OH is 2. The quantitative estimate of drug-likeness (QED) is 0.649. The largest absolute Gasteiger partial charge is 0.445 e. The molecule has 0 saturated heterocycles. The van der Waals surface area contributed by atoms with Crippen LogP contribution in [-0.2, 0) is 11.3 Å². The van der Waals surface area contributed by atoms with Gasteiger partial charge < -0.3 is 20.3 Å². The van der Waals surface area contributed by atoms with Crippen LogP contribution in [0.25, 0.3) is 0 Å². The van der Waals surface area contributed by atoms with Gasteiger partial charge in [-0.3, -0.25) is 0 Å². The number of rotatable bonds is 7. The first-order chi connectivity index (χ1) is 12.0. The monoisotopic (exact) mass is 365 g/mol. The summed E-state index contributed by atoms with van der Waals surface area (Å²) in [4.78, 5) is 19.3. The van der Waals surface area contributed by atoms with Crippen LogP contribution in [0.4, 0.5) is 4.79 Å².